The highest BCUT2D eigenvalue weighted by Crippen LogP contribution is 2.42. The molecule has 114 valence electrons. The van der Waals surface area contributed by atoms with Crippen molar-refractivity contribution in [3.05, 3.63) is 65.7 Å². The molecule has 0 bridgehead atoms. The average molecular weight is 304 g/mol. The zero-order valence-corrected chi connectivity index (χ0v) is 12.8. The third-order valence-corrected chi connectivity index (χ3v) is 4.25. The van der Waals surface area contributed by atoms with Crippen LogP contribution in [0.1, 0.15) is 15.9 Å². The van der Waals surface area contributed by atoms with Crippen molar-refractivity contribution in [3.8, 4) is 16.9 Å². The number of methoxy groups -OCH3 is 1. The molecule has 1 aliphatic rings. The Bertz CT molecular complexity index is 912. The Kier molecular flexibility index (Phi) is 3.36. The van der Waals surface area contributed by atoms with Gasteiger partial charge in [0.1, 0.15) is 12.4 Å². The number of ketones is 1. The third kappa shape index (κ3) is 2.13. The first-order valence-electron chi connectivity index (χ1n) is 7.63. The van der Waals surface area contributed by atoms with Crippen LogP contribution in [0.4, 0.5) is 0 Å². The summed E-state index contributed by atoms with van der Waals surface area (Å²) in [6, 6.07) is 17.6. The first-order chi connectivity index (χ1) is 11.3. The number of carbonyl (C=O) groups excluding carboxylic acids is 1. The number of rotatable bonds is 4. The Morgan fingerprint density at radius 3 is 2.39 bits per heavy atom. The highest BCUT2D eigenvalue weighted by molar-refractivity contribution is 6.26. The fourth-order valence-electron chi connectivity index (χ4n) is 3.22. The minimum Gasteiger partial charge on any atom is -0.491 e. The molecule has 0 saturated heterocycles. The van der Waals surface area contributed by atoms with Gasteiger partial charge in [0.15, 0.2) is 5.78 Å². The molecule has 0 radical (unpaired) electrons. The second kappa shape index (κ2) is 5.52. The maximum atomic E-state index is 12.8. The third-order valence-electron chi connectivity index (χ3n) is 4.25. The summed E-state index contributed by atoms with van der Waals surface area (Å²) in [6.45, 7) is 1.02. The van der Waals surface area contributed by atoms with Crippen molar-refractivity contribution in [3.63, 3.8) is 0 Å². The zero-order valence-electron chi connectivity index (χ0n) is 12.8. The highest BCUT2D eigenvalue weighted by atomic mass is 16.5. The Morgan fingerprint density at radius 2 is 1.57 bits per heavy atom. The summed E-state index contributed by atoms with van der Waals surface area (Å²) in [5.74, 6) is 0.863. The van der Waals surface area contributed by atoms with Crippen molar-refractivity contribution >= 4 is 16.6 Å². The molecular formula is C20H16O3. The van der Waals surface area contributed by atoms with Crippen LogP contribution in [0.3, 0.4) is 0 Å². The van der Waals surface area contributed by atoms with Crippen LogP contribution >= 0.6 is 0 Å². The predicted molar refractivity (Wildman–Crippen MR) is 90.2 cm³/mol. The molecule has 0 aromatic heterocycles. The van der Waals surface area contributed by atoms with Gasteiger partial charge in [-0.25, -0.2) is 0 Å². The highest BCUT2D eigenvalue weighted by Gasteiger charge is 2.25. The molecule has 4 rings (SSSR count). The number of hydrogen-bond donors (Lipinski definition) is 0. The molecule has 0 unspecified atom stereocenters. The van der Waals surface area contributed by atoms with Crippen molar-refractivity contribution in [2.45, 2.75) is 0 Å². The van der Waals surface area contributed by atoms with Gasteiger partial charge < -0.3 is 9.47 Å². The number of ether oxygens (including phenoxy) is 2. The summed E-state index contributed by atoms with van der Waals surface area (Å²) in [5, 5.41) is 1.95. The summed E-state index contributed by atoms with van der Waals surface area (Å²) >= 11 is 0. The van der Waals surface area contributed by atoms with Crippen LogP contribution in [-0.4, -0.2) is 26.1 Å². The normalized spacial score (nSPS) is 12.3. The van der Waals surface area contributed by atoms with Crippen LogP contribution in [0.5, 0.6) is 5.75 Å². The van der Waals surface area contributed by atoms with Crippen LogP contribution in [0, 0.1) is 0 Å². The lowest BCUT2D eigenvalue weighted by molar-refractivity contribution is 0.104. The van der Waals surface area contributed by atoms with E-state index >= 15 is 0 Å². The van der Waals surface area contributed by atoms with E-state index in [0.717, 1.165) is 38.8 Å². The monoisotopic (exact) mass is 304 g/mol. The molecule has 23 heavy (non-hydrogen) atoms. The Labute approximate surface area is 134 Å². The zero-order chi connectivity index (χ0) is 15.8. The van der Waals surface area contributed by atoms with Crippen LogP contribution in [0.15, 0.2) is 54.6 Å². The molecule has 3 aromatic carbocycles. The molecular weight excluding hydrogens is 288 g/mol. The summed E-state index contributed by atoms with van der Waals surface area (Å²) in [5.41, 5.74) is 3.59. The minimum atomic E-state index is 0.0766. The van der Waals surface area contributed by atoms with Crippen molar-refractivity contribution in [1.29, 1.82) is 0 Å². The van der Waals surface area contributed by atoms with Gasteiger partial charge in [0.25, 0.3) is 0 Å². The predicted octanol–water partition coefficient (Wildman–Crippen LogP) is 4.08. The first-order valence-corrected chi connectivity index (χ1v) is 7.63. The molecule has 3 aromatic rings. The van der Waals surface area contributed by atoms with Crippen LogP contribution in [-0.2, 0) is 4.74 Å². The van der Waals surface area contributed by atoms with Gasteiger partial charge in [-0.05, 0) is 17.2 Å². The lowest BCUT2D eigenvalue weighted by Crippen LogP contribution is -2.10. The Morgan fingerprint density at radius 1 is 0.783 bits per heavy atom. The Hall–Kier alpha value is -2.65. The molecule has 1 aliphatic carbocycles. The molecule has 0 heterocycles. The second-order valence-electron chi connectivity index (χ2n) is 5.56. The molecule has 0 amide bonds. The molecule has 0 N–H and O–H groups in total. The fraction of sp³-hybridized carbons (Fsp3) is 0.150. The molecule has 0 fully saturated rings. The number of benzene rings is 3. The maximum absolute atomic E-state index is 12.8. The van der Waals surface area contributed by atoms with Gasteiger partial charge in [-0.1, -0.05) is 48.5 Å². The van der Waals surface area contributed by atoms with Crippen molar-refractivity contribution < 1.29 is 14.3 Å². The first kappa shape index (κ1) is 14.0. The average Bonchev–Trinajstić information content (AvgIpc) is 2.60. The SMILES string of the molecule is COCCOc1ccc2c3c(cccc13)C(=O)c1ccccc1-2. The lowest BCUT2D eigenvalue weighted by atomic mass is 9.83. The number of fused-ring (bicyclic) bond motifs is 2. The maximum Gasteiger partial charge on any atom is 0.194 e. The van der Waals surface area contributed by atoms with E-state index < -0.39 is 0 Å². The van der Waals surface area contributed by atoms with Gasteiger partial charge in [-0.15, -0.1) is 0 Å². The van der Waals surface area contributed by atoms with Gasteiger partial charge in [-0.3, -0.25) is 4.79 Å². The summed E-state index contributed by atoms with van der Waals surface area (Å²) in [7, 11) is 1.65. The van der Waals surface area contributed by atoms with E-state index in [-0.39, 0.29) is 5.78 Å². The topological polar surface area (TPSA) is 35.5 Å². The van der Waals surface area contributed by atoms with Crippen molar-refractivity contribution in [2.75, 3.05) is 20.3 Å². The van der Waals surface area contributed by atoms with E-state index in [9.17, 15) is 4.79 Å². The quantitative estimate of drug-likeness (QED) is 0.533. The van der Waals surface area contributed by atoms with Gasteiger partial charge in [0.2, 0.25) is 0 Å². The van der Waals surface area contributed by atoms with Crippen molar-refractivity contribution in [2.24, 2.45) is 0 Å². The van der Waals surface area contributed by atoms with E-state index in [1.807, 2.05) is 54.6 Å². The number of hydrogen-bond acceptors (Lipinski definition) is 3. The van der Waals surface area contributed by atoms with Gasteiger partial charge >= 0.3 is 0 Å². The second-order valence-corrected chi connectivity index (χ2v) is 5.56. The summed E-state index contributed by atoms with van der Waals surface area (Å²) in [4.78, 5) is 12.8. The van der Waals surface area contributed by atoms with Crippen molar-refractivity contribution in [1.82, 2.24) is 0 Å². The van der Waals surface area contributed by atoms with Crippen LogP contribution < -0.4 is 4.74 Å². The molecule has 0 atom stereocenters. The van der Waals surface area contributed by atoms with E-state index in [0.29, 0.717) is 13.2 Å². The lowest BCUT2D eigenvalue weighted by Gasteiger charge is -2.21. The van der Waals surface area contributed by atoms with E-state index in [1.54, 1.807) is 7.11 Å². The standard InChI is InChI=1S/C20H16O3/c1-22-11-12-23-18-10-9-14-13-5-2-3-6-15(13)20(21)17-8-4-7-16(18)19(14)17/h2-10H,11-12H2,1H3. The van der Waals surface area contributed by atoms with Crippen LogP contribution in [0.25, 0.3) is 21.9 Å². The number of carbonyl (C=O) groups is 1. The fourth-order valence-corrected chi connectivity index (χ4v) is 3.22. The van der Waals surface area contributed by atoms with Gasteiger partial charge in [-0.2, -0.15) is 0 Å². The van der Waals surface area contributed by atoms with Gasteiger partial charge in [0, 0.05) is 29.0 Å². The van der Waals surface area contributed by atoms with E-state index in [1.165, 1.54) is 0 Å². The molecule has 3 heteroatoms. The molecule has 0 saturated carbocycles. The molecule has 0 spiro atoms. The van der Waals surface area contributed by atoms with E-state index in [2.05, 4.69) is 0 Å². The van der Waals surface area contributed by atoms with Gasteiger partial charge in [0.05, 0.1) is 6.61 Å². The van der Waals surface area contributed by atoms with Crippen LogP contribution in [0.2, 0.25) is 0 Å². The minimum absolute atomic E-state index is 0.0766. The molecule has 0 aliphatic heterocycles. The summed E-state index contributed by atoms with van der Waals surface area (Å²) in [6.07, 6.45) is 0. The largest absolute Gasteiger partial charge is 0.491 e. The summed E-state index contributed by atoms with van der Waals surface area (Å²) < 4.78 is 10.9. The smallest absolute Gasteiger partial charge is 0.194 e. The molecule has 3 nitrogen and oxygen atoms in total. The Balaban J connectivity index is 1.96. The van der Waals surface area contributed by atoms with E-state index in [4.69, 9.17) is 9.47 Å².